The van der Waals surface area contributed by atoms with Gasteiger partial charge in [0.2, 0.25) is 0 Å². The molecular weight excluding hydrogens is 228 g/mol. The van der Waals surface area contributed by atoms with Crippen molar-refractivity contribution in [3.05, 3.63) is 59.0 Å². The SMILES string of the molecule is OC1=CCC2CC(C3=CC=C(O)CC3)=COC2=C1. The third kappa shape index (κ3) is 2.08. The van der Waals surface area contributed by atoms with Crippen LogP contribution in [0.3, 0.4) is 0 Å². The van der Waals surface area contributed by atoms with Gasteiger partial charge in [0.1, 0.15) is 11.5 Å². The van der Waals surface area contributed by atoms with Gasteiger partial charge in [0.15, 0.2) is 0 Å². The first-order chi connectivity index (χ1) is 8.72. The van der Waals surface area contributed by atoms with Gasteiger partial charge < -0.3 is 14.9 Å². The topological polar surface area (TPSA) is 49.7 Å². The van der Waals surface area contributed by atoms with Crippen molar-refractivity contribution in [1.29, 1.82) is 0 Å². The van der Waals surface area contributed by atoms with Crippen LogP contribution in [0.5, 0.6) is 0 Å². The van der Waals surface area contributed by atoms with Gasteiger partial charge in [-0.1, -0.05) is 6.08 Å². The maximum absolute atomic E-state index is 9.43. The molecule has 94 valence electrons. The number of aliphatic hydroxyl groups is 2. The Balaban J connectivity index is 1.80. The molecule has 2 aliphatic carbocycles. The fourth-order valence-corrected chi connectivity index (χ4v) is 2.57. The first-order valence-corrected chi connectivity index (χ1v) is 6.28. The molecule has 0 saturated heterocycles. The van der Waals surface area contributed by atoms with Crippen molar-refractivity contribution < 1.29 is 14.9 Å². The molecule has 3 heteroatoms. The van der Waals surface area contributed by atoms with E-state index in [0.717, 1.165) is 25.0 Å². The van der Waals surface area contributed by atoms with Gasteiger partial charge >= 0.3 is 0 Å². The van der Waals surface area contributed by atoms with E-state index >= 15 is 0 Å². The van der Waals surface area contributed by atoms with Gasteiger partial charge in [-0.3, -0.25) is 0 Å². The highest BCUT2D eigenvalue weighted by Gasteiger charge is 2.26. The normalized spacial score (nSPS) is 26.9. The van der Waals surface area contributed by atoms with Crippen molar-refractivity contribution >= 4 is 0 Å². The second kappa shape index (κ2) is 4.41. The number of rotatable bonds is 1. The maximum Gasteiger partial charge on any atom is 0.115 e. The first-order valence-electron chi connectivity index (χ1n) is 6.28. The molecule has 0 aromatic rings. The molecule has 0 aromatic carbocycles. The zero-order valence-corrected chi connectivity index (χ0v) is 10.1. The van der Waals surface area contributed by atoms with Crippen LogP contribution in [0.4, 0.5) is 0 Å². The van der Waals surface area contributed by atoms with E-state index < -0.39 is 0 Å². The molecule has 1 heterocycles. The van der Waals surface area contributed by atoms with Gasteiger partial charge in [-0.2, -0.15) is 0 Å². The molecule has 0 saturated carbocycles. The number of hydrogen-bond acceptors (Lipinski definition) is 3. The van der Waals surface area contributed by atoms with Crippen LogP contribution in [0.1, 0.15) is 25.7 Å². The molecular formula is C15H16O3. The van der Waals surface area contributed by atoms with Crippen LogP contribution < -0.4 is 0 Å². The average molecular weight is 244 g/mol. The third-order valence-corrected chi connectivity index (χ3v) is 3.65. The van der Waals surface area contributed by atoms with Gasteiger partial charge in [0, 0.05) is 18.4 Å². The highest BCUT2D eigenvalue weighted by atomic mass is 16.5. The Morgan fingerprint density at radius 1 is 1.11 bits per heavy atom. The fourth-order valence-electron chi connectivity index (χ4n) is 2.57. The van der Waals surface area contributed by atoms with Crippen LogP contribution in [-0.2, 0) is 4.74 Å². The molecule has 2 N–H and O–H groups in total. The summed E-state index contributed by atoms with van der Waals surface area (Å²) in [6.07, 6.45) is 12.4. The number of ether oxygens (including phenoxy) is 1. The minimum Gasteiger partial charge on any atom is -0.512 e. The van der Waals surface area contributed by atoms with E-state index in [1.165, 1.54) is 11.1 Å². The smallest absolute Gasteiger partial charge is 0.115 e. The van der Waals surface area contributed by atoms with Gasteiger partial charge in [-0.25, -0.2) is 0 Å². The molecule has 18 heavy (non-hydrogen) atoms. The van der Waals surface area contributed by atoms with E-state index in [0.29, 0.717) is 23.9 Å². The lowest BCUT2D eigenvalue weighted by molar-refractivity contribution is 0.251. The van der Waals surface area contributed by atoms with Crippen molar-refractivity contribution in [2.24, 2.45) is 5.92 Å². The van der Waals surface area contributed by atoms with Crippen LogP contribution in [0, 0.1) is 5.92 Å². The van der Waals surface area contributed by atoms with E-state index in [9.17, 15) is 10.2 Å². The van der Waals surface area contributed by atoms with Crippen molar-refractivity contribution in [3.8, 4) is 0 Å². The Hall–Kier alpha value is -1.90. The summed E-state index contributed by atoms with van der Waals surface area (Å²) in [5.74, 6) is 1.93. The predicted molar refractivity (Wildman–Crippen MR) is 68.7 cm³/mol. The number of aliphatic hydroxyl groups excluding tert-OH is 2. The van der Waals surface area contributed by atoms with Gasteiger partial charge in [-0.05, 0) is 42.6 Å². The summed E-state index contributed by atoms with van der Waals surface area (Å²) in [5.41, 5.74) is 2.45. The Morgan fingerprint density at radius 3 is 2.78 bits per heavy atom. The van der Waals surface area contributed by atoms with Gasteiger partial charge in [0.25, 0.3) is 0 Å². The summed E-state index contributed by atoms with van der Waals surface area (Å²) in [4.78, 5) is 0. The van der Waals surface area contributed by atoms with Crippen LogP contribution in [-0.4, -0.2) is 10.2 Å². The second-order valence-corrected chi connectivity index (χ2v) is 4.92. The number of fused-ring (bicyclic) bond motifs is 1. The molecule has 0 aromatic heterocycles. The van der Waals surface area contributed by atoms with Crippen molar-refractivity contribution in [2.75, 3.05) is 0 Å². The second-order valence-electron chi connectivity index (χ2n) is 4.92. The summed E-state index contributed by atoms with van der Waals surface area (Å²) in [7, 11) is 0. The Kier molecular flexibility index (Phi) is 2.74. The largest absolute Gasteiger partial charge is 0.512 e. The molecule has 1 unspecified atom stereocenters. The summed E-state index contributed by atoms with van der Waals surface area (Å²) in [6.45, 7) is 0. The molecule has 0 amide bonds. The summed E-state index contributed by atoms with van der Waals surface area (Å²) in [6, 6.07) is 0. The molecule has 0 spiro atoms. The van der Waals surface area contributed by atoms with E-state index in [2.05, 4.69) is 0 Å². The van der Waals surface area contributed by atoms with Gasteiger partial charge in [0.05, 0.1) is 12.0 Å². The fraction of sp³-hybridized carbons (Fsp3) is 0.333. The van der Waals surface area contributed by atoms with Crippen molar-refractivity contribution in [2.45, 2.75) is 25.7 Å². The number of hydrogen-bond donors (Lipinski definition) is 2. The standard InChI is InChI=1S/C15H16O3/c16-13-4-1-10(2-5-13)12-7-11-3-6-14(17)8-15(11)18-9-12/h1,4,6,8-9,11,16-17H,2-3,5,7H2. The molecule has 3 nitrogen and oxygen atoms in total. The maximum atomic E-state index is 9.43. The van der Waals surface area contributed by atoms with Crippen LogP contribution in [0.15, 0.2) is 59.0 Å². The molecule has 0 radical (unpaired) electrons. The first kappa shape index (κ1) is 11.2. The highest BCUT2D eigenvalue weighted by molar-refractivity contribution is 5.39. The number of allylic oxidation sites excluding steroid dienone is 8. The highest BCUT2D eigenvalue weighted by Crippen LogP contribution is 2.38. The summed E-state index contributed by atoms with van der Waals surface area (Å²) in [5, 5.41) is 18.8. The Morgan fingerprint density at radius 2 is 2.00 bits per heavy atom. The zero-order chi connectivity index (χ0) is 12.5. The van der Waals surface area contributed by atoms with Gasteiger partial charge in [-0.15, -0.1) is 0 Å². The average Bonchev–Trinajstić information content (AvgIpc) is 2.39. The predicted octanol–water partition coefficient (Wildman–Crippen LogP) is 3.80. The molecule has 1 aliphatic heterocycles. The minimum absolute atomic E-state index is 0.294. The van der Waals surface area contributed by atoms with E-state index in [1.807, 2.05) is 12.2 Å². The van der Waals surface area contributed by atoms with E-state index in [-0.39, 0.29) is 0 Å². The molecule has 0 fully saturated rings. The summed E-state index contributed by atoms with van der Waals surface area (Å²) >= 11 is 0. The summed E-state index contributed by atoms with van der Waals surface area (Å²) < 4.78 is 5.62. The Bertz CT molecular complexity index is 518. The Labute approximate surface area is 106 Å². The van der Waals surface area contributed by atoms with Crippen LogP contribution >= 0.6 is 0 Å². The molecule has 0 bridgehead atoms. The molecule has 3 aliphatic rings. The van der Waals surface area contributed by atoms with Crippen LogP contribution in [0.25, 0.3) is 0 Å². The monoisotopic (exact) mass is 244 g/mol. The molecule has 3 rings (SSSR count). The van der Waals surface area contributed by atoms with Crippen LogP contribution in [0.2, 0.25) is 0 Å². The van der Waals surface area contributed by atoms with Crippen molar-refractivity contribution in [1.82, 2.24) is 0 Å². The lowest BCUT2D eigenvalue weighted by Crippen LogP contribution is -2.16. The van der Waals surface area contributed by atoms with E-state index in [1.54, 1.807) is 18.4 Å². The molecule has 1 atom stereocenters. The quantitative estimate of drug-likeness (QED) is 0.737. The van der Waals surface area contributed by atoms with Crippen molar-refractivity contribution in [3.63, 3.8) is 0 Å². The minimum atomic E-state index is 0.294. The van der Waals surface area contributed by atoms with E-state index in [4.69, 9.17) is 4.74 Å². The zero-order valence-electron chi connectivity index (χ0n) is 10.1. The third-order valence-electron chi connectivity index (χ3n) is 3.65. The lowest BCUT2D eigenvalue weighted by Gasteiger charge is -2.28. The lowest BCUT2D eigenvalue weighted by atomic mass is 9.85.